The van der Waals surface area contributed by atoms with Gasteiger partial charge in [-0.25, -0.2) is 0 Å². The fourth-order valence-corrected chi connectivity index (χ4v) is 3.48. The molecule has 110 valence electrons. The molecule has 1 N–H and O–H groups in total. The molecule has 2 rings (SSSR count). The molecule has 0 radical (unpaired) electrons. The van der Waals surface area contributed by atoms with Crippen molar-refractivity contribution in [3.63, 3.8) is 0 Å². The highest BCUT2D eigenvalue weighted by atomic mass is 32.1. The molecule has 1 aromatic carbocycles. The van der Waals surface area contributed by atoms with Gasteiger partial charge in [-0.3, -0.25) is 0 Å². The van der Waals surface area contributed by atoms with Crippen LogP contribution in [0.3, 0.4) is 0 Å². The molecule has 0 aliphatic rings. The second-order valence-corrected chi connectivity index (χ2v) is 7.04. The number of thiophene rings is 1. The number of nitrogens with zero attached hydrogens (tertiary/aromatic N) is 1. The van der Waals surface area contributed by atoms with Gasteiger partial charge in [0.25, 0.3) is 0 Å². The van der Waals surface area contributed by atoms with Crippen LogP contribution in [0.5, 0.6) is 0 Å². The van der Waals surface area contributed by atoms with Crippen molar-refractivity contribution >= 4 is 21.4 Å². The first kappa shape index (κ1) is 15.5. The van der Waals surface area contributed by atoms with Gasteiger partial charge in [0, 0.05) is 10.2 Å². The number of nitrogens with one attached hydrogen (secondary N) is 1. The molecule has 0 bridgehead atoms. The van der Waals surface area contributed by atoms with E-state index in [2.05, 4.69) is 74.7 Å². The van der Waals surface area contributed by atoms with E-state index in [4.69, 9.17) is 0 Å². The molecule has 2 nitrogen and oxygen atoms in total. The van der Waals surface area contributed by atoms with E-state index in [1.807, 2.05) is 11.3 Å². The third-order valence-electron chi connectivity index (χ3n) is 4.28. The SMILES string of the molecule is CCCNC(c1cccc2ccsc12)C(C)(C)N(C)C. The smallest absolute Gasteiger partial charge is 0.0515 e. The van der Waals surface area contributed by atoms with Gasteiger partial charge in [-0.15, -0.1) is 11.3 Å². The van der Waals surface area contributed by atoms with E-state index in [9.17, 15) is 0 Å². The van der Waals surface area contributed by atoms with E-state index in [0.717, 1.165) is 13.0 Å². The molecule has 0 fully saturated rings. The first-order valence-electron chi connectivity index (χ1n) is 7.35. The van der Waals surface area contributed by atoms with Gasteiger partial charge in [-0.2, -0.15) is 0 Å². The quantitative estimate of drug-likeness (QED) is 0.854. The van der Waals surface area contributed by atoms with Gasteiger partial charge in [-0.1, -0.05) is 25.1 Å². The number of hydrogen-bond acceptors (Lipinski definition) is 3. The maximum absolute atomic E-state index is 3.75. The van der Waals surface area contributed by atoms with Gasteiger partial charge in [0.1, 0.15) is 0 Å². The first-order valence-corrected chi connectivity index (χ1v) is 8.23. The van der Waals surface area contributed by atoms with E-state index in [1.54, 1.807) is 0 Å². The first-order chi connectivity index (χ1) is 9.48. The summed E-state index contributed by atoms with van der Waals surface area (Å²) in [4.78, 5) is 2.31. The summed E-state index contributed by atoms with van der Waals surface area (Å²) < 4.78 is 1.41. The molecule has 3 heteroatoms. The van der Waals surface area contributed by atoms with E-state index >= 15 is 0 Å². The zero-order chi connectivity index (χ0) is 14.8. The van der Waals surface area contributed by atoms with Crippen LogP contribution in [-0.2, 0) is 0 Å². The summed E-state index contributed by atoms with van der Waals surface area (Å²) in [6.45, 7) is 7.89. The third kappa shape index (κ3) is 2.90. The summed E-state index contributed by atoms with van der Waals surface area (Å²) in [5.74, 6) is 0. The summed E-state index contributed by atoms with van der Waals surface area (Å²) in [5.41, 5.74) is 1.48. The number of benzene rings is 1. The summed E-state index contributed by atoms with van der Waals surface area (Å²) in [5, 5.41) is 7.29. The summed E-state index contributed by atoms with van der Waals surface area (Å²) >= 11 is 1.85. The summed E-state index contributed by atoms with van der Waals surface area (Å²) in [6.07, 6.45) is 1.15. The Kier molecular flexibility index (Phi) is 4.84. The highest BCUT2D eigenvalue weighted by Crippen LogP contribution is 2.36. The van der Waals surface area contributed by atoms with Crippen LogP contribution in [0, 0.1) is 0 Å². The van der Waals surface area contributed by atoms with Crippen LogP contribution in [0.2, 0.25) is 0 Å². The Morgan fingerprint density at radius 1 is 1.25 bits per heavy atom. The standard InChI is InChI=1S/C17H26N2S/c1-6-11-18-16(17(2,3)19(4)5)14-9-7-8-13-10-12-20-15(13)14/h7-10,12,16,18H,6,11H2,1-5H3. The van der Waals surface area contributed by atoms with Gasteiger partial charge in [-0.05, 0) is 63.3 Å². The molecule has 1 aromatic heterocycles. The zero-order valence-corrected chi connectivity index (χ0v) is 14.1. The lowest BCUT2D eigenvalue weighted by atomic mass is 9.87. The maximum atomic E-state index is 3.75. The van der Waals surface area contributed by atoms with E-state index in [0.29, 0.717) is 6.04 Å². The largest absolute Gasteiger partial charge is 0.308 e. The van der Waals surface area contributed by atoms with Gasteiger partial charge in [0.05, 0.1) is 6.04 Å². The molecule has 2 aromatic rings. The minimum Gasteiger partial charge on any atom is -0.308 e. The van der Waals surface area contributed by atoms with Crippen LogP contribution in [0.4, 0.5) is 0 Å². The fourth-order valence-electron chi connectivity index (χ4n) is 2.53. The lowest BCUT2D eigenvalue weighted by Gasteiger charge is -2.41. The average molecular weight is 290 g/mol. The molecule has 0 saturated heterocycles. The van der Waals surface area contributed by atoms with E-state index in [-0.39, 0.29) is 5.54 Å². The Bertz CT molecular complexity index is 557. The van der Waals surface area contributed by atoms with Gasteiger partial charge in [0.15, 0.2) is 0 Å². The number of rotatable bonds is 6. The number of hydrogen-bond donors (Lipinski definition) is 1. The van der Waals surface area contributed by atoms with E-state index < -0.39 is 0 Å². The minimum atomic E-state index is 0.0629. The Balaban J connectivity index is 2.48. The monoisotopic (exact) mass is 290 g/mol. The normalized spacial score (nSPS) is 14.1. The molecule has 1 atom stereocenters. The highest BCUT2D eigenvalue weighted by Gasteiger charge is 2.33. The van der Waals surface area contributed by atoms with E-state index in [1.165, 1.54) is 15.6 Å². The topological polar surface area (TPSA) is 15.3 Å². The van der Waals surface area contributed by atoms with Crippen LogP contribution in [-0.4, -0.2) is 31.1 Å². The van der Waals surface area contributed by atoms with Crippen molar-refractivity contribution < 1.29 is 0 Å². The predicted molar refractivity (Wildman–Crippen MR) is 90.6 cm³/mol. The second-order valence-electron chi connectivity index (χ2n) is 6.12. The summed E-state index contributed by atoms with van der Waals surface area (Å²) in [6, 6.07) is 9.20. The van der Waals surface area contributed by atoms with Gasteiger partial charge in [0.2, 0.25) is 0 Å². The Hall–Kier alpha value is -0.900. The van der Waals surface area contributed by atoms with Crippen molar-refractivity contribution in [1.82, 2.24) is 10.2 Å². The number of likely N-dealkylation sites (N-methyl/N-ethyl adjacent to an activating group) is 1. The highest BCUT2D eigenvalue weighted by molar-refractivity contribution is 7.17. The van der Waals surface area contributed by atoms with Crippen molar-refractivity contribution in [2.45, 2.75) is 38.8 Å². The van der Waals surface area contributed by atoms with Crippen molar-refractivity contribution in [3.05, 3.63) is 35.2 Å². The second kappa shape index (κ2) is 6.25. The van der Waals surface area contributed by atoms with Crippen molar-refractivity contribution in [1.29, 1.82) is 0 Å². The van der Waals surface area contributed by atoms with Crippen LogP contribution >= 0.6 is 11.3 Å². The molecule has 1 unspecified atom stereocenters. The third-order valence-corrected chi connectivity index (χ3v) is 5.26. The lowest BCUT2D eigenvalue weighted by Crippen LogP contribution is -2.49. The van der Waals surface area contributed by atoms with Crippen molar-refractivity contribution in [3.8, 4) is 0 Å². The number of fused-ring (bicyclic) bond motifs is 1. The molecule has 1 heterocycles. The Morgan fingerprint density at radius 3 is 2.65 bits per heavy atom. The van der Waals surface area contributed by atoms with Crippen molar-refractivity contribution in [2.75, 3.05) is 20.6 Å². The molecular weight excluding hydrogens is 264 g/mol. The van der Waals surface area contributed by atoms with Gasteiger partial charge < -0.3 is 10.2 Å². The summed E-state index contributed by atoms with van der Waals surface area (Å²) in [7, 11) is 4.32. The average Bonchev–Trinajstić information content (AvgIpc) is 2.87. The van der Waals surface area contributed by atoms with Gasteiger partial charge >= 0.3 is 0 Å². The Labute approximate surface area is 126 Å². The van der Waals surface area contributed by atoms with Crippen molar-refractivity contribution in [2.24, 2.45) is 0 Å². The predicted octanol–water partition coefficient (Wildman–Crippen LogP) is 4.28. The maximum Gasteiger partial charge on any atom is 0.0515 e. The molecule has 0 aliphatic carbocycles. The molecule has 20 heavy (non-hydrogen) atoms. The molecule has 0 saturated carbocycles. The molecule has 0 spiro atoms. The van der Waals surface area contributed by atoms with Crippen LogP contribution in [0.25, 0.3) is 10.1 Å². The molecule has 0 amide bonds. The van der Waals surface area contributed by atoms with Crippen LogP contribution in [0.1, 0.15) is 38.8 Å². The Morgan fingerprint density at radius 2 is 2.00 bits per heavy atom. The fraction of sp³-hybridized carbons (Fsp3) is 0.529. The molecule has 0 aliphatic heterocycles. The molecular formula is C17H26N2S. The lowest BCUT2D eigenvalue weighted by molar-refractivity contribution is 0.139. The zero-order valence-electron chi connectivity index (χ0n) is 13.2. The minimum absolute atomic E-state index is 0.0629. The van der Waals surface area contributed by atoms with Crippen LogP contribution in [0.15, 0.2) is 29.6 Å². The van der Waals surface area contributed by atoms with Crippen LogP contribution < -0.4 is 5.32 Å².